The maximum atomic E-state index is 9.86. The molecule has 0 amide bonds. The van der Waals surface area contributed by atoms with Crippen LogP contribution in [-0.2, 0) is 6.42 Å². The van der Waals surface area contributed by atoms with Crippen LogP contribution in [0.3, 0.4) is 0 Å². The van der Waals surface area contributed by atoms with Crippen LogP contribution in [0.25, 0.3) is 16.7 Å². The topological polar surface area (TPSA) is 80.2 Å². The number of aromatic nitrogens is 2. The van der Waals surface area contributed by atoms with Crippen molar-refractivity contribution in [2.75, 3.05) is 24.3 Å². The molecule has 0 spiro atoms. The molecule has 0 aliphatic carbocycles. The number of para-hydroxylation sites is 2. The van der Waals surface area contributed by atoms with Gasteiger partial charge in [-0.3, -0.25) is 4.40 Å². The van der Waals surface area contributed by atoms with Gasteiger partial charge in [-0.25, -0.2) is 4.98 Å². The fourth-order valence-electron chi connectivity index (χ4n) is 3.78. The molecule has 0 saturated carbocycles. The van der Waals surface area contributed by atoms with Gasteiger partial charge in [-0.05, 0) is 60.9 Å². The third kappa shape index (κ3) is 3.19. The number of nitrogens with zero attached hydrogens (tertiary/aromatic N) is 5. The number of hydrogen-bond acceptors (Lipinski definition) is 5. The van der Waals surface area contributed by atoms with Gasteiger partial charge in [0, 0.05) is 31.9 Å². The van der Waals surface area contributed by atoms with Gasteiger partial charge in [-0.15, -0.1) is 0 Å². The van der Waals surface area contributed by atoms with Crippen molar-refractivity contribution in [2.45, 2.75) is 19.8 Å². The molecule has 0 bridgehead atoms. The Balaban J connectivity index is 1.99. The smallest absolute Gasteiger partial charge is 0.157 e. The van der Waals surface area contributed by atoms with Crippen LogP contribution in [0.4, 0.5) is 17.2 Å². The zero-order valence-corrected chi connectivity index (χ0v) is 17.3. The Kier molecular flexibility index (Phi) is 5.00. The molecular formula is C24H22N6. The number of pyridine rings is 1. The molecule has 2 aromatic heterocycles. The molecule has 0 fully saturated rings. The van der Waals surface area contributed by atoms with Gasteiger partial charge in [0.1, 0.15) is 11.9 Å². The third-order valence-electron chi connectivity index (χ3n) is 5.37. The third-order valence-corrected chi connectivity index (χ3v) is 5.37. The lowest BCUT2D eigenvalue weighted by molar-refractivity contribution is 0.975. The van der Waals surface area contributed by atoms with Gasteiger partial charge in [0.2, 0.25) is 0 Å². The standard InChI is InChI=1S/C24H22N6/c1-16-19(7-6-14-25)23(27-17-10-12-18(13-11-17)29(2)3)30-22-9-5-4-8-21(22)28-24(30)20(16)15-26/h4-5,8-13,27H,6-7H2,1-3H3. The molecule has 30 heavy (non-hydrogen) atoms. The number of rotatable bonds is 5. The highest BCUT2D eigenvalue weighted by atomic mass is 15.1. The van der Waals surface area contributed by atoms with Crippen LogP contribution in [0, 0.1) is 29.6 Å². The Morgan fingerprint density at radius 2 is 1.80 bits per heavy atom. The lowest BCUT2D eigenvalue weighted by Crippen LogP contribution is -2.09. The largest absolute Gasteiger partial charge is 0.378 e. The minimum absolute atomic E-state index is 0.373. The van der Waals surface area contributed by atoms with Crippen molar-refractivity contribution < 1.29 is 0 Å². The summed E-state index contributed by atoms with van der Waals surface area (Å²) in [5.74, 6) is 0.850. The lowest BCUT2D eigenvalue weighted by Gasteiger charge is -2.19. The summed E-state index contributed by atoms with van der Waals surface area (Å²) in [6.07, 6.45) is 0.926. The summed E-state index contributed by atoms with van der Waals surface area (Å²) < 4.78 is 2.01. The van der Waals surface area contributed by atoms with Crippen LogP contribution in [0.2, 0.25) is 0 Å². The molecular weight excluding hydrogens is 372 g/mol. The summed E-state index contributed by atoms with van der Waals surface area (Å²) in [4.78, 5) is 6.79. The molecule has 6 heteroatoms. The fourth-order valence-corrected chi connectivity index (χ4v) is 3.78. The van der Waals surface area contributed by atoms with Crippen molar-refractivity contribution >= 4 is 33.9 Å². The summed E-state index contributed by atoms with van der Waals surface area (Å²) in [6, 6.07) is 20.6. The van der Waals surface area contributed by atoms with Gasteiger partial charge < -0.3 is 10.2 Å². The summed E-state index contributed by atoms with van der Waals surface area (Å²) in [6.45, 7) is 1.94. The molecule has 2 aromatic carbocycles. The van der Waals surface area contributed by atoms with Crippen LogP contribution < -0.4 is 10.2 Å². The van der Waals surface area contributed by atoms with Crippen LogP contribution in [-0.4, -0.2) is 23.5 Å². The summed E-state index contributed by atoms with van der Waals surface area (Å²) in [5.41, 5.74) is 6.80. The summed E-state index contributed by atoms with van der Waals surface area (Å²) in [5, 5.41) is 22.6. The van der Waals surface area contributed by atoms with E-state index in [1.807, 2.05) is 61.8 Å². The van der Waals surface area contributed by atoms with E-state index in [-0.39, 0.29) is 0 Å². The van der Waals surface area contributed by atoms with Gasteiger partial charge >= 0.3 is 0 Å². The Hall–Kier alpha value is -4.03. The van der Waals surface area contributed by atoms with Crippen LogP contribution in [0.15, 0.2) is 48.5 Å². The van der Waals surface area contributed by atoms with Crippen molar-refractivity contribution in [1.29, 1.82) is 10.5 Å². The first-order valence-corrected chi connectivity index (χ1v) is 9.79. The van der Waals surface area contributed by atoms with Crippen molar-refractivity contribution in [2.24, 2.45) is 0 Å². The molecule has 0 atom stereocenters. The Morgan fingerprint density at radius 1 is 1.07 bits per heavy atom. The van der Waals surface area contributed by atoms with Gasteiger partial charge in [0.25, 0.3) is 0 Å². The number of anilines is 3. The predicted octanol–water partition coefficient (Wildman–Crippen LogP) is 4.93. The van der Waals surface area contributed by atoms with E-state index in [0.29, 0.717) is 24.1 Å². The van der Waals surface area contributed by atoms with Crippen LogP contribution in [0.1, 0.15) is 23.1 Å². The molecule has 0 unspecified atom stereocenters. The molecule has 0 saturated heterocycles. The number of fused-ring (bicyclic) bond motifs is 3. The van der Waals surface area contributed by atoms with Gasteiger partial charge in [0.15, 0.2) is 5.65 Å². The monoisotopic (exact) mass is 394 g/mol. The van der Waals surface area contributed by atoms with Crippen molar-refractivity contribution in [3.05, 3.63) is 65.2 Å². The molecule has 148 valence electrons. The van der Waals surface area contributed by atoms with E-state index in [9.17, 15) is 10.5 Å². The average molecular weight is 394 g/mol. The second kappa shape index (κ2) is 7.77. The van der Waals surface area contributed by atoms with E-state index in [4.69, 9.17) is 4.98 Å². The highest BCUT2D eigenvalue weighted by molar-refractivity contribution is 5.87. The number of nitrogens with one attached hydrogen (secondary N) is 1. The maximum absolute atomic E-state index is 9.86. The fraction of sp³-hybridized carbons (Fsp3) is 0.208. The van der Waals surface area contributed by atoms with Gasteiger partial charge in [0.05, 0.1) is 22.7 Å². The second-order valence-electron chi connectivity index (χ2n) is 7.42. The quantitative estimate of drug-likeness (QED) is 0.519. The lowest BCUT2D eigenvalue weighted by atomic mass is 10.0. The Labute approximate surface area is 175 Å². The normalized spacial score (nSPS) is 10.7. The van der Waals surface area contributed by atoms with E-state index in [0.717, 1.165) is 39.4 Å². The summed E-state index contributed by atoms with van der Waals surface area (Å²) >= 11 is 0. The number of benzene rings is 2. The molecule has 0 aliphatic heterocycles. The molecule has 4 aromatic rings. The minimum Gasteiger partial charge on any atom is -0.378 e. The highest BCUT2D eigenvalue weighted by Gasteiger charge is 2.20. The molecule has 6 nitrogen and oxygen atoms in total. The molecule has 4 rings (SSSR count). The molecule has 0 aliphatic rings. The Bertz CT molecular complexity index is 1320. The van der Waals surface area contributed by atoms with E-state index in [2.05, 4.69) is 34.5 Å². The van der Waals surface area contributed by atoms with E-state index >= 15 is 0 Å². The van der Waals surface area contributed by atoms with Gasteiger partial charge in [-0.1, -0.05) is 12.1 Å². The van der Waals surface area contributed by atoms with Crippen LogP contribution in [0.5, 0.6) is 0 Å². The maximum Gasteiger partial charge on any atom is 0.157 e. The predicted molar refractivity (Wildman–Crippen MR) is 120 cm³/mol. The second-order valence-corrected chi connectivity index (χ2v) is 7.42. The SMILES string of the molecule is Cc1c(CCC#N)c(Nc2ccc(N(C)C)cc2)n2c(nc3ccccc32)c1C#N. The van der Waals surface area contributed by atoms with Crippen LogP contribution >= 0.6 is 0 Å². The summed E-state index contributed by atoms with van der Waals surface area (Å²) in [7, 11) is 4.02. The zero-order chi connectivity index (χ0) is 21.3. The first-order chi connectivity index (χ1) is 14.5. The Morgan fingerprint density at radius 3 is 2.47 bits per heavy atom. The van der Waals surface area contributed by atoms with Crippen molar-refractivity contribution in [3.8, 4) is 12.1 Å². The average Bonchev–Trinajstić information content (AvgIpc) is 3.13. The van der Waals surface area contributed by atoms with E-state index in [1.165, 1.54) is 0 Å². The first-order valence-electron chi connectivity index (χ1n) is 9.79. The van der Waals surface area contributed by atoms with Gasteiger partial charge in [-0.2, -0.15) is 10.5 Å². The first kappa shape index (κ1) is 19.3. The van der Waals surface area contributed by atoms with E-state index < -0.39 is 0 Å². The highest BCUT2D eigenvalue weighted by Crippen LogP contribution is 2.33. The number of imidazole rings is 1. The molecule has 2 heterocycles. The molecule has 1 N–H and O–H groups in total. The number of nitriles is 2. The van der Waals surface area contributed by atoms with Crippen molar-refractivity contribution in [1.82, 2.24) is 9.38 Å². The number of hydrogen-bond donors (Lipinski definition) is 1. The van der Waals surface area contributed by atoms with E-state index in [1.54, 1.807) is 0 Å². The zero-order valence-electron chi connectivity index (χ0n) is 17.3. The van der Waals surface area contributed by atoms with Crippen molar-refractivity contribution in [3.63, 3.8) is 0 Å². The molecule has 0 radical (unpaired) electrons. The minimum atomic E-state index is 0.373.